The van der Waals surface area contributed by atoms with E-state index in [1.54, 1.807) is 20.3 Å². The lowest BCUT2D eigenvalue weighted by molar-refractivity contribution is -0.141. The molecule has 0 saturated carbocycles. The first-order valence-electron chi connectivity index (χ1n) is 8.54. The Morgan fingerprint density at radius 1 is 1.07 bits per heavy atom. The van der Waals surface area contributed by atoms with Crippen molar-refractivity contribution < 1.29 is 22.6 Å². The SMILES string of the molecule is COc1cc(NC2CCCN(c3ccc(C(F)(F)F)nn3)C2)cc(OC)c1. The lowest BCUT2D eigenvalue weighted by atomic mass is 10.1. The van der Waals surface area contributed by atoms with Crippen molar-refractivity contribution in [1.29, 1.82) is 0 Å². The van der Waals surface area contributed by atoms with E-state index in [0.29, 0.717) is 23.9 Å². The van der Waals surface area contributed by atoms with Crippen LogP contribution in [0.5, 0.6) is 11.5 Å². The molecule has 1 aliphatic heterocycles. The second-order valence-electron chi connectivity index (χ2n) is 6.31. The first-order valence-corrected chi connectivity index (χ1v) is 8.54. The third-order valence-corrected chi connectivity index (χ3v) is 4.41. The average molecular weight is 382 g/mol. The van der Waals surface area contributed by atoms with E-state index in [2.05, 4.69) is 15.5 Å². The first kappa shape index (κ1) is 19.1. The normalized spacial score (nSPS) is 17.5. The lowest BCUT2D eigenvalue weighted by Crippen LogP contribution is -2.42. The Balaban J connectivity index is 1.69. The molecule has 2 heterocycles. The molecule has 3 rings (SSSR count). The summed E-state index contributed by atoms with van der Waals surface area (Å²) in [5, 5.41) is 10.5. The van der Waals surface area contributed by atoms with Crippen LogP contribution in [-0.2, 0) is 6.18 Å². The fourth-order valence-corrected chi connectivity index (χ4v) is 3.07. The highest BCUT2D eigenvalue weighted by Gasteiger charge is 2.33. The third-order valence-electron chi connectivity index (χ3n) is 4.41. The topological polar surface area (TPSA) is 59.5 Å². The van der Waals surface area contributed by atoms with Gasteiger partial charge in [-0.1, -0.05) is 0 Å². The molecule has 6 nitrogen and oxygen atoms in total. The maximum Gasteiger partial charge on any atom is 0.435 e. The zero-order valence-corrected chi connectivity index (χ0v) is 15.1. The van der Waals surface area contributed by atoms with Crippen LogP contribution < -0.4 is 19.7 Å². The maximum atomic E-state index is 12.6. The van der Waals surface area contributed by atoms with Crippen molar-refractivity contribution in [2.75, 3.05) is 37.5 Å². The molecule has 1 atom stereocenters. The molecule has 2 aromatic rings. The van der Waals surface area contributed by atoms with Gasteiger partial charge in [-0.25, -0.2) is 0 Å². The lowest BCUT2D eigenvalue weighted by Gasteiger charge is -2.34. The number of methoxy groups -OCH3 is 2. The molecule has 1 aliphatic rings. The van der Waals surface area contributed by atoms with Crippen LogP contribution in [0.4, 0.5) is 24.7 Å². The number of piperidine rings is 1. The van der Waals surface area contributed by atoms with E-state index >= 15 is 0 Å². The molecule has 1 fully saturated rings. The van der Waals surface area contributed by atoms with E-state index in [4.69, 9.17) is 9.47 Å². The molecule has 9 heteroatoms. The van der Waals surface area contributed by atoms with Gasteiger partial charge < -0.3 is 19.7 Å². The number of hydrogen-bond acceptors (Lipinski definition) is 6. The van der Waals surface area contributed by atoms with Crippen molar-refractivity contribution in [3.05, 3.63) is 36.0 Å². The van der Waals surface area contributed by atoms with E-state index in [-0.39, 0.29) is 6.04 Å². The predicted octanol–water partition coefficient (Wildman–Crippen LogP) is 3.59. The number of hydrogen-bond donors (Lipinski definition) is 1. The van der Waals surface area contributed by atoms with Crippen molar-refractivity contribution >= 4 is 11.5 Å². The van der Waals surface area contributed by atoms with Crippen molar-refractivity contribution in [2.24, 2.45) is 0 Å². The Morgan fingerprint density at radius 3 is 2.33 bits per heavy atom. The molecule has 146 valence electrons. The van der Waals surface area contributed by atoms with Gasteiger partial charge in [-0.15, -0.1) is 10.2 Å². The van der Waals surface area contributed by atoms with Crippen LogP contribution in [-0.4, -0.2) is 43.5 Å². The van der Waals surface area contributed by atoms with Gasteiger partial charge in [-0.05, 0) is 25.0 Å². The molecular weight excluding hydrogens is 361 g/mol. The number of rotatable bonds is 5. The number of anilines is 2. The van der Waals surface area contributed by atoms with Gasteiger partial charge in [-0.2, -0.15) is 13.2 Å². The summed E-state index contributed by atoms with van der Waals surface area (Å²) in [5.41, 5.74) is -0.127. The van der Waals surface area contributed by atoms with Crippen LogP contribution in [0.3, 0.4) is 0 Å². The zero-order chi connectivity index (χ0) is 19.4. The summed E-state index contributed by atoms with van der Waals surface area (Å²) in [4.78, 5) is 1.94. The molecule has 1 N–H and O–H groups in total. The summed E-state index contributed by atoms with van der Waals surface area (Å²) in [6.45, 7) is 1.33. The quantitative estimate of drug-likeness (QED) is 0.853. The molecule has 0 radical (unpaired) electrons. The summed E-state index contributed by atoms with van der Waals surface area (Å²) in [5.74, 6) is 1.80. The van der Waals surface area contributed by atoms with E-state index in [1.165, 1.54) is 6.07 Å². The molecular formula is C18H21F3N4O2. The van der Waals surface area contributed by atoms with Crippen LogP contribution in [0.15, 0.2) is 30.3 Å². The summed E-state index contributed by atoms with van der Waals surface area (Å²) in [6, 6.07) is 7.98. The summed E-state index contributed by atoms with van der Waals surface area (Å²) in [6.07, 6.45) is -2.66. The number of alkyl halides is 3. The molecule has 0 bridgehead atoms. The second-order valence-corrected chi connectivity index (χ2v) is 6.31. The summed E-state index contributed by atoms with van der Waals surface area (Å²) < 4.78 is 48.5. The van der Waals surface area contributed by atoms with Crippen LogP contribution in [0, 0.1) is 0 Å². The van der Waals surface area contributed by atoms with Crippen LogP contribution in [0.2, 0.25) is 0 Å². The van der Waals surface area contributed by atoms with E-state index in [1.807, 2.05) is 17.0 Å². The maximum absolute atomic E-state index is 12.6. The highest BCUT2D eigenvalue weighted by Crippen LogP contribution is 2.29. The highest BCUT2D eigenvalue weighted by atomic mass is 19.4. The minimum absolute atomic E-state index is 0.111. The van der Waals surface area contributed by atoms with Crippen molar-refractivity contribution in [3.8, 4) is 11.5 Å². The molecule has 1 saturated heterocycles. The Morgan fingerprint density at radius 2 is 1.78 bits per heavy atom. The van der Waals surface area contributed by atoms with Gasteiger partial charge in [0.25, 0.3) is 0 Å². The number of ether oxygens (including phenoxy) is 2. The first-order chi connectivity index (χ1) is 12.9. The van der Waals surface area contributed by atoms with Gasteiger partial charge in [0.1, 0.15) is 11.5 Å². The molecule has 0 spiro atoms. The Labute approximate surface area is 155 Å². The van der Waals surface area contributed by atoms with E-state index < -0.39 is 11.9 Å². The van der Waals surface area contributed by atoms with Crippen molar-refractivity contribution in [1.82, 2.24) is 10.2 Å². The minimum atomic E-state index is -4.48. The second kappa shape index (κ2) is 7.89. The largest absolute Gasteiger partial charge is 0.497 e. The minimum Gasteiger partial charge on any atom is -0.497 e. The molecule has 0 amide bonds. The van der Waals surface area contributed by atoms with Crippen LogP contribution in [0.25, 0.3) is 0 Å². The standard InChI is InChI=1S/C18H21F3N4O2/c1-26-14-8-13(9-15(10-14)27-2)22-12-4-3-7-25(11-12)17-6-5-16(23-24-17)18(19,20)21/h5-6,8-10,12,22H,3-4,7,11H2,1-2H3. The molecule has 1 aromatic carbocycles. The molecule has 1 aromatic heterocycles. The van der Waals surface area contributed by atoms with Gasteiger partial charge in [0.05, 0.1) is 14.2 Å². The highest BCUT2D eigenvalue weighted by molar-refractivity contribution is 5.54. The van der Waals surface area contributed by atoms with Gasteiger partial charge in [0.15, 0.2) is 11.5 Å². The van der Waals surface area contributed by atoms with E-state index in [0.717, 1.165) is 31.1 Å². The van der Waals surface area contributed by atoms with E-state index in [9.17, 15) is 13.2 Å². The Bertz CT molecular complexity index is 746. The van der Waals surface area contributed by atoms with Gasteiger partial charge >= 0.3 is 6.18 Å². The number of nitrogens with one attached hydrogen (secondary N) is 1. The molecule has 0 aliphatic carbocycles. The predicted molar refractivity (Wildman–Crippen MR) is 95.4 cm³/mol. The van der Waals surface area contributed by atoms with Crippen molar-refractivity contribution in [3.63, 3.8) is 0 Å². The molecule has 27 heavy (non-hydrogen) atoms. The average Bonchev–Trinajstić information content (AvgIpc) is 2.67. The van der Waals surface area contributed by atoms with Crippen LogP contribution >= 0.6 is 0 Å². The fourth-order valence-electron chi connectivity index (χ4n) is 3.07. The number of aromatic nitrogens is 2. The summed E-state index contributed by atoms with van der Waals surface area (Å²) >= 11 is 0. The number of nitrogens with zero attached hydrogens (tertiary/aromatic N) is 3. The Hall–Kier alpha value is -2.71. The van der Waals surface area contributed by atoms with Crippen molar-refractivity contribution in [2.45, 2.75) is 25.1 Å². The van der Waals surface area contributed by atoms with Gasteiger partial charge in [-0.3, -0.25) is 0 Å². The van der Waals surface area contributed by atoms with Gasteiger partial charge in [0, 0.05) is 43.0 Å². The zero-order valence-electron chi connectivity index (χ0n) is 15.1. The monoisotopic (exact) mass is 382 g/mol. The van der Waals surface area contributed by atoms with Gasteiger partial charge in [0.2, 0.25) is 0 Å². The molecule has 1 unspecified atom stereocenters. The number of benzene rings is 1. The fraction of sp³-hybridized carbons (Fsp3) is 0.444. The number of halogens is 3. The third kappa shape index (κ3) is 4.72. The van der Waals surface area contributed by atoms with Crippen LogP contribution in [0.1, 0.15) is 18.5 Å². The Kier molecular flexibility index (Phi) is 5.57. The smallest absolute Gasteiger partial charge is 0.435 e. The summed E-state index contributed by atoms with van der Waals surface area (Å²) in [7, 11) is 3.17.